The lowest BCUT2D eigenvalue weighted by Crippen LogP contribution is -2.46. The lowest BCUT2D eigenvalue weighted by molar-refractivity contribution is -0.137. The summed E-state index contributed by atoms with van der Waals surface area (Å²) in [4.78, 5) is 12.1. The number of likely N-dealkylation sites (N-methyl/N-ethyl adjacent to an activating group) is 1. The number of thiophene rings is 1. The van der Waals surface area contributed by atoms with Crippen LogP contribution in [0, 0.1) is 5.92 Å². The molecule has 1 aliphatic rings. The average molecular weight is 539 g/mol. The van der Waals surface area contributed by atoms with E-state index in [0.29, 0.717) is 12.8 Å². The number of carboxylic acids is 1. The van der Waals surface area contributed by atoms with Gasteiger partial charge in [-0.05, 0) is 57.4 Å². The second-order valence-electron chi connectivity index (χ2n) is 9.04. The Morgan fingerprint density at radius 2 is 2.09 bits per heavy atom. The van der Waals surface area contributed by atoms with Gasteiger partial charge in [-0.15, -0.1) is 22.9 Å². The Kier molecular flexibility index (Phi) is 11.2. The molecule has 1 aliphatic heterocycles. The van der Waals surface area contributed by atoms with Gasteiger partial charge in [0.25, 0.3) is 0 Å². The first-order valence-electron chi connectivity index (χ1n) is 11.1. The van der Waals surface area contributed by atoms with E-state index in [-0.39, 0.29) is 35.2 Å². The van der Waals surface area contributed by atoms with Crippen molar-refractivity contribution in [3.8, 4) is 0 Å². The number of halogens is 1. The maximum absolute atomic E-state index is 12.9. The molecule has 1 aromatic heterocycles. The van der Waals surface area contributed by atoms with Gasteiger partial charge >= 0.3 is 5.97 Å². The standard InChI is InChI=1S/C22H35ClN2O5S3/c1-22(2,11-5-8-18-9-6-12-31-18)24-14-17(26)15-25(3)33(29,30)20-13-16(21(23)32-20)7-4-10-19(27)28/h6,9,12-13,16-17,21,24,26H,4-5,7-8,10-11,14-15H2,1-3H3,(H,27,28)/t16?,17-,21?/m1/s1. The first-order valence-corrected chi connectivity index (χ1v) is 14.7. The molecule has 3 N–H and O–H groups in total. The number of aliphatic hydroxyl groups excluding tert-OH is 1. The number of sulfonamides is 1. The molecule has 0 radical (unpaired) electrons. The van der Waals surface area contributed by atoms with Crippen LogP contribution in [0.15, 0.2) is 27.8 Å². The summed E-state index contributed by atoms with van der Waals surface area (Å²) in [6, 6.07) is 4.19. The van der Waals surface area contributed by atoms with E-state index in [1.807, 2.05) is 0 Å². The van der Waals surface area contributed by atoms with E-state index in [0.717, 1.165) is 35.3 Å². The zero-order valence-electron chi connectivity index (χ0n) is 19.4. The molecular weight excluding hydrogens is 504 g/mol. The summed E-state index contributed by atoms with van der Waals surface area (Å²) in [6.45, 7) is 4.42. The number of hydrogen-bond donors (Lipinski definition) is 3. The highest BCUT2D eigenvalue weighted by molar-refractivity contribution is 8.19. The molecule has 2 unspecified atom stereocenters. The van der Waals surface area contributed by atoms with Gasteiger partial charge < -0.3 is 15.5 Å². The van der Waals surface area contributed by atoms with E-state index in [1.165, 1.54) is 11.9 Å². The molecule has 0 saturated heterocycles. The van der Waals surface area contributed by atoms with Crippen LogP contribution < -0.4 is 5.32 Å². The molecule has 1 aromatic rings. The quantitative estimate of drug-likeness (QED) is 0.289. The van der Waals surface area contributed by atoms with Crippen LogP contribution in [-0.4, -0.2) is 65.4 Å². The molecule has 3 atom stereocenters. The maximum Gasteiger partial charge on any atom is 0.303 e. The van der Waals surface area contributed by atoms with Gasteiger partial charge in [-0.2, -0.15) is 4.31 Å². The first-order chi connectivity index (χ1) is 15.4. The Labute approximate surface area is 210 Å². The third-order valence-corrected chi connectivity index (χ3v) is 10.6. The smallest absolute Gasteiger partial charge is 0.303 e. The summed E-state index contributed by atoms with van der Waals surface area (Å²) in [7, 11) is -2.31. The van der Waals surface area contributed by atoms with Crippen LogP contribution in [0.3, 0.4) is 0 Å². The Balaban J connectivity index is 1.80. The third-order valence-electron chi connectivity index (χ3n) is 5.60. The number of alkyl halides is 1. The van der Waals surface area contributed by atoms with Crippen LogP contribution in [0.2, 0.25) is 0 Å². The minimum absolute atomic E-state index is 0.0319. The van der Waals surface area contributed by atoms with Crippen LogP contribution in [0.25, 0.3) is 0 Å². The van der Waals surface area contributed by atoms with Gasteiger partial charge in [0.2, 0.25) is 10.0 Å². The van der Waals surface area contributed by atoms with Gasteiger partial charge in [0.1, 0.15) is 4.24 Å². The number of aliphatic carboxylic acids is 1. The number of allylic oxidation sites excluding steroid dienone is 1. The molecule has 11 heteroatoms. The number of aliphatic hydroxyl groups is 1. The molecule has 188 valence electrons. The topological polar surface area (TPSA) is 107 Å². The average Bonchev–Trinajstić information content (AvgIpc) is 3.36. The molecule has 33 heavy (non-hydrogen) atoms. The summed E-state index contributed by atoms with van der Waals surface area (Å²) >= 11 is 9.13. The second-order valence-corrected chi connectivity index (χ2v) is 14.3. The minimum atomic E-state index is -3.76. The molecule has 7 nitrogen and oxygen atoms in total. The monoisotopic (exact) mass is 538 g/mol. The predicted octanol–water partition coefficient (Wildman–Crippen LogP) is 4.09. The van der Waals surface area contributed by atoms with Crippen molar-refractivity contribution >= 4 is 50.7 Å². The largest absolute Gasteiger partial charge is 0.481 e. The summed E-state index contributed by atoms with van der Waals surface area (Å²) in [5.41, 5.74) is -0.172. The molecule has 2 heterocycles. The lowest BCUT2D eigenvalue weighted by atomic mass is 9.96. The Morgan fingerprint density at radius 1 is 1.36 bits per heavy atom. The predicted molar refractivity (Wildman–Crippen MR) is 137 cm³/mol. The molecule has 0 aliphatic carbocycles. The Morgan fingerprint density at radius 3 is 2.73 bits per heavy atom. The molecule has 0 amide bonds. The van der Waals surface area contributed by atoms with E-state index < -0.39 is 26.8 Å². The van der Waals surface area contributed by atoms with Gasteiger partial charge in [0, 0.05) is 42.9 Å². The van der Waals surface area contributed by atoms with Crippen LogP contribution in [-0.2, 0) is 21.2 Å². The van der Waals surface area contributed by atoms with Gasteiger partial charge in [0.05, 0.1) is 10.8 Å². The number of nitrogens with zero attached hydrogens (tertiary/aromatic N) is 1. The van der Waals surface area contributed by atoms with Gasteiger partial charge in [0.15, 0.2) is 0 Å². The fourth-order valence-corrected chi connectivity index (χ4v) is 8.06. The zero-order chi connectivity index (χ0) is 24.6. The number of β-amino-alcohol motifs (C(OH)–C–C–N with tert-alkyl or cyclic N) is 1. The van der Waals surface area contributed by atoms with Crippen molar-refractivity contribution < 1.29 is 23.4 Å². The number of hydrogen-bond acceptors (Lipinski definition) is 7. The van der Waals surface area contributed by atoms with Crippen molar-refractivity contribution in [2.45, 2.75) is 68.7 Å². The van der Waals surface area contributed by atoms with E-state index in [4.69, 9.17) is 16.7 Å². The minimum Gasteiger partial charge on any atom is -0.481 e. The fraction of sp³-hybridized carbons (Fsp3) is 0.682. The molecule has 2 rings (SSSR count). The molecule has 0 aromatic carbocycles. The molecule has 0 bridgehead atoms. The molecule has 0 spiro atoms. The zero-order valence-corrected chi connectivity index (χ0v) is 22.6. The van der Waals surface area contributed by atoms with Crippen molar-refractivity contribution in [3.63, 3.8) is 0 Å². The molecular formula is C22H35ClN2O5S3. The van der Waals surface area contributed by atoms with E-state index >= 15 is 0 Å². The maximum atomic E-state index is 12.9. The number of nitrogens with one attached hydrogen (secondary N) is 1. The number of carboxylic acid groups (broad SMARTS) is 1. The number of thioether (sulfide) groups is 1. The van der Waals surface area contributed by atoms with Crippen molar-refractivity contribution in [2.75, 3.05) is 20.1 Å². The third kappa shape index (κ3) is 9.51. The molecule has 0 fully saturated rings. The molecule has 0 saturated carbocycles. The SMILES string of the molecule is CN(C[C@H](O)CNC(C)(C)CCCc1cccs1)S(=O)(=O)C1=CC(CCCC(=O)O)C(Cl)S1. The number of aryl methyl sites for hydroxylation is 1. The van der Waals surface area contributed by atoms with Crippen molar-refractivity contribution in [2.24, 2.45) is 5.92 Å². The van der Waals surface area contributed by atoms with Crippen molar-refractivity contribution in [1.29, 1.82) is 0 Å². The van der Waals surface area contributed by atoms with Crippen molar-refractivity contribution in [1.82, 2.24) is 9.62 Å². The van der Waals surface area contributed by atoms with Crippen LogP contribution in [0.5, 0.6) is 0 Å². The van der Waals surface area contributed by atoms with E-state index in [2.05, 4.69) is 36.7 Å². The van der Waals surface area contributed by atoms with Crippen LogP contribution in [0.4, 0.5) is 0 Å². The highest BCUT2D eigenvalue weighted by Crippen LogP contribution is 2.44. The summed E-state index contributed by atoms with van der Waals surface area (Å²) < 4.78 is 26.8. The van der Waals surface area contributed by atoms with Gasteiger partial charge in [-0.25, -0.2) is 8.42 Å². The Hall–Kier alpha value is -0.620. The highest BCUT2D eigenvalue weighted by Gasteiger charge is 2.35. The summed E-state index contributed by atoms with van der Waals surface area (Å²) in [6.07, 6.45) is 4.76. The highest BCUT2D eigenvalue weighted by atomic mass is 35.5. The van der Waals surface area contributed by atoms with E-state index in [9.17, 15) is 18.3 Å². The number of carbonyl (C=O) groups is 1. The Bertz CT molecular complexity index is 890. The first kappa shape index (κ1) is 28.6. The van der Waals surface area contributed by atoms with Crippen LogP contribution >= 0.6 is 34.7 Å². The normalized spacial score (nSPS) is 20.2. The summed E-state index contributed by atoms with van der Waals surface area (Å²) in [5, 5.41) is 24.7. The second kappa shape index (κ2) is 12.9. The van der Waals surface area contributed by atoms with Crippen LogP contribution in [0.1, 0.15) is 50.8 Å². The fourth-order valence-electron chi connectivity index (χ4n) is 3.59. The lowest BCUT2D eigenvalue weighted by Gasteiger charge is -2.29. The number of rotatable bonds is 15. The van der Waals surface area contributed by atoms with Gasteiger partial charge in [-0.3, -0.25) is 4.79 Å². The van der Waals surface area contributed by atoms with Crippen molar-refractivity contribution in [3.05, 3.63) is 32.7 Å². The summed E-state index contributed by atoms with van der Waals surface area (Å²) in [5.74, 6) is -1.08. The van der Waals surface area contributed by atoms with E-state index in [1.54, 1.807) is 17.4 Å². The van der Waals surface area contributed by atoms with Gasteiger partial charge in [-0.1, -0.05) is 23.9 Å².